The molecule has 57 heavy (non-hydrogen) atoms. The first kappa shape index (κ1) is 40.7. The van der Waals surface area contributed by atoms with Crippen LogP contribution >= 0.6 is 22.9 Å². The summed E-state index contributed by atoms with van der Waals surface area (Å²) in [5.74, 6) is -3.84. The molecule has 2 saturated carbocycles. The number of carbonyl (C=O) groups excluding carboxylic acids is 3. The Morgan fingerprint density at radius 2 is 1.89 bits per heavy atom. The second-order valence-corrected chi connectivity index (χ2v) is 19.5. The minimum Gasteiger partial charge on any atom is -0.494 e. The number of allylic oxidation sites excluding steroid dienone is 1. The van der Waals surface area contributed by atoms with E-state index in [2.05, 4.69) is 21.3 Å². The van der Waals surface area contributed by atoms with Gasteiger partial charge in [0, 0.05) is 51.9 Å². The normalized spacial score (nSPS) is 22.6. The molecule has 2 aliphatic carbocycles. The fourth-order valence-electron chi connectivity index (χ4n) is 7.65. The molecule has 3 aliphatic rings. The molecule has 2 aromatic carbocycles. The molecule has 302 valence electrons. The van der Waals surface area contributed by atoms with Crippen LogP contribution < -0.4 is 14.2 Å². The molecule has 1 N–H and O–H groups in total. The van der Waals surface area contributed by atoms with E-state index in [9.17, 15) is 31.6 Å². The molecule has 2 amide bonds. The molecule has 1 aliphatic heterocycles. The van der Waals surface area contributed by atoms with Crippen LogP contribution in [0.3, 0.4) is 0 Å². The monoisotopic (exact) mass is 840 g/mol. The van der Waals surface area contributed by atoms with E-state index >= 15 is 0 Å². The summed E-state index contributed by atoms with van der Waals surface area (Å²) >= 11 is 7.65. The van der Waals surface area contributed by atoms with E-state index in [-0.39, 0.29) is 44.0 Å². The number of nitrogens with zero attached hydrogens (tertiary/aromatic N) is 3. The van der Waals surface area contributed by atoms with Crippen LogP contribution in [0.2, 0.25) is 5.02 Å². The summed E-state index contributed by atoms with van der Waals surface area (Å²) in [6.45, 7) is 9.57. The van der Waals surface area contributed by atoms with E-state index in [4.69, 9.17) is 21.1 Å². The van der Waals surface area contributed by atoms with Gasteiger partial charge in [-0.05, 0) is 67.0 Å². The molecule has 2 aromatic heterocycles. The number of halogens is 3. The van der Waals surface area contributed by atoms with Crippen molar-refractivity contribution in [1.82, 2.24) is 19.6 Å². The van der Waals surface area contributed by atoms with Crippen molar-refractivity contribution >= 4 is 61.3 Å². The number of rotatable bonds is 14. The quantitative estimate of drug-likeness (QED) is 0.129. The second-order valence-electron chi connectivity index (χ2n) is 16.2. The number of nitrogens with one attached hydrogen (secondary N) is 1. The van der Waals surface area contributed by atoms with Gasteiger partial charge in [-0.3, -0.25) is 19.1 Å². The number of Topliss-reactive ketones (excluding diaryl/α,β-unsaturated/α-hetero) is 1. The number of aromatic nitrogens is 2. The molecule has 3 fully saturated rings. The first-order chi connectivity index (χ1) is 26.9. The molecule has 1 saturated heterocycles. The summed E-state index contributed by atoms with van der Waals surface area (Å²) in [4.78, 5) is 53.7. The minimum atomic E-state index is -3.88. The van der Waals surface area contributed by atoms with Gasteiger partial charge < -0.3 is 14.4 Å². The van der Waals surface area contributed by atoms with Crippen molar-refractivity contribution in [3.63, 3.8) is 0 Å². The Balaban J connectivity index is 1.19. The Bertz CT molecular complexity index is 2380. The fourth-order valence-corrected chi connectivity index (χ4v) is 10.1. The number of thiazole rings is 1. The number of benzene rings is 2. The van der Waals surface area contributed by atoms with Crippen LogP contribution in [-0.4, -0.2) is 71.9 Å². The summed E-state index contributed by atoms with van der Waals surface area (Å²) in [5, 5.41) is 3.38. The van der Waals surface area contributed by atoms with Gasteiger partial charge >= 0.3 is 0 Å². The maximum atomic E-state index is 14.9. The number of methoxy groups -OCH3 is 1. The van der Waals surface area contributed by atoms with Gasteiger partial charge in [0.1, 0.15) is 11.9 Å². The van der Waals surface area contributed by atoms with Crippen LogP contribution in [0, 0.1) is 34.3 Å². The van der Waals surface area contributed by atoms with Crippen LogP contribution in [-0.2, 0) is 30.8 Å². The van der Waals surface area contributed by atoms with Gasteiger partial charge in [-0.15, -0.1) is 17.9 Å². The topological polar surface area (TPSA) is 145 Å². The van der Waals surface area contributed by atoms with Crippen LogP contribution in [0.5, 0.6) is 11.6 Å². The zero-order chi connectivity index (χ0) is 41.0. The third-order valence-electron chi connectivity index (χ3n) is 11.2. The Labute approximate surface area is 338 Å². The lowest BCUT2D eigenvalue weighted by atomic mass is 9.77. The largest absolute Gasteiger partial charge is 0.494 e. The van der Waals surface area contributed by atoms with Crippen molar-refractivity contribution in [1.29, 1.82) is 0 Å². The molecule has 7 rings (SSSR count). The lowest BCUT2D eigenvalue weighted by molar-refractivity contribution is -0.144. The number of pyridine rings is 1. The van der Waals surface area contributed by atoms with E-state index in [1.54, 1.807) is 29.7 Å². The number of fused-ring (bicyclic) bond motifs is 1. The number of sulfonamides is 1. The average molecular weight is 841 g/mol. The summed E-state index contributed by atoms with van der Waals surface area (Å²) in [6.07, 6.45) is 3.50. The lowest BCUT2D eigenvalue weighted by Crippen LogP contribution is -2.48. The van der Waals surface area contributed by atoms with Crippen molar-refractivity contribution in [2.75, 3.05) is 13.7 Å². The Morgan fingerprint density at radius 3 is 2.54 bits per heavy atom. The standard InChI is InChI=1S/C41H43ClF2N4O7S2/c1-6-23-17-41(23,39(51)47-57(52,53)26-9-10-26)18-34(49)33-15-25(55-37-28-14-24(42)8-11-27(28)35(54-5)19-45-37)20-48(33)38(50)29(40(2,3)4)16-36-46-32(21-56-36)22-7-12-30(43)31(44)13-22/h6-8,11-14,19,21,23,25-26,29,33H,1,9-10,15-18,20H2,2-5H3,(H,47,51)/t23-,25-,29-,33+,41-/m1/s1. The van der Waals surface area contributed by atoms with Crippen molar-refractivity contribution in [2.24, 2.45) is 22.7 Å². The van der Waals surface area contributed by atoms with E-state index in [1.165, 1.54) is 35.6 Å². The van der Waals surface area contributed by atoms with Crippen molar-refractivity contribution in [2.45, 2.75) is 76.7 Å². The van der Waals surface area contributed by atoms with Gasteiger partial charge in [0.15, 0.2) is 17.4 Å². The third kappa shape index (κ3) is 8.28. The van der Waals surface area contributed by atoms with Crippen LogP contribution in [0.15, 0.2) is 60.6 Å². The Kier molecular flexibility index (Phi) is 11.0. The van der Waals surface area contributed by atoms with E-state index in [0.29, 0.717) is 50.7 Å². The van der Waals surface area contributed by atoms with E-state index in [1.807, 2.05) is 20.8 Å². The number of amides is 2. The summed E-state index contributed by atoms with van der Waals surface area (Å²) in [7, 11) is -2.36. The second kappa shape index (κ2) is 15.4. The number of ether oxygens (including phenoxy) is 2. The SMILES string of the molecule is C=C[C@@H]1C[C@]1(CC(=O)[C@@H]1C[C@@H](Oc2ncc(OC)c3ccc(Cl)cc23)CN1C(=O)[C@@H](Cc1nc(-c2ccc(F)c(F)c2)cs1)C(C)(C)C)C(=O)NS(=O)(=O)C1CC1. The third-order valence-corrected chi connectivity index (χ3v) is 14.2. The molecule has 0 unspecified atom stereocenters. The van der Waals surface area contributed by atoms with Crippen molar-refractivity contribution < 1.29 is 41.1 Å². The van der Waals surface area contributed by atoms with Crippen molar-refractivity contribution in [3.05, 3.63) is 82.3 Å². The summed E-state index contributed by atoms with van der Waals surface area (Å²) < 4.78 is 67.5. The first-order valence-corrected chi connectivity index (χ1v) is 21.4. The number of carbonyl (C=O) groups is 3. The molecule has 16 heteroatoms. The van der Waals surface area contributed by atoms with E-state index in [0.717, 1.165) is 12.1 Å². The van der Waals surface area contributed by atoms with Gasteiger partial charge in [-0.25, -0.2) is 27.2 Å². The first-order valence-electron chi connectivity index (χ1n) is 18.6. The lowest BCUT2D eigenvalue weighted by Gasteiger charge is -2.35. The highest BCUT2D eigenvalue weighted by Crippen LogP contribution is 2.57. The van der Waals surface area contributed by atoms with Gasteiger partial charge in [-0.1, -0.05) is 38.4 Å². The van der Waals surface area contributed by atoms with Crippen LogP contribution in [0.4, 0.5) is 8.78 Å². The summed E-state index contributed by atoms with van der Waals surface area (Å²) in [5.41, 5.74) is -1.13. The highest BCUT2D eigenvalue weighted by Gasteiger charge is 2.61. The number of hydrogen-bond donors (Lipinski definition) is 1. The van der Waals surface area contributed by atoms with Gasteiger partial charge in [0.2, 0.25) is 27.7 Å². The number of ketones is 1. The molecule has 0 bridgehead atoms. The molecular formula is C41H43ClF2N4O7S2. The molecule has 0 radical (unpaired) electrons. The predicted molar refractivity (Wildman–Crippen MR) is 212 cm³/mol. The number of hydrogen-bond acceptors (Lipinski definition) is 10. The Hall–Kier alpha value is -4.47. The highest BCUT2D eigenvalue weighted by molar-refractivity contribution is 7.90. The van der Waals surface area contributed by atoms with Gasteiger partial charge in [-0.2, -0.15) is 0 Å². The molecule has 0 spiro atoms. The Morgan fingerprint density at radius 1 is 1.14 bits per heavy atom. The number of likely N-dealkylation sites (tertiary alicyclic amines) is 1. The van der Waals surface area contributed by atoms with Crippen molar-refractivity contribution in [3.8, 4) is 22.9 Å². The maximum Gasteiger partial charge on any atom is 0.240 e. The summed E-state index contributed by atoms with van der Waals surface area (Å²) in [6, 6.07) is 7.71. The predicted octanol–water partition coefficient (Wildman–Crippen LogP) is 7.31. The molecule has 11 nitrogen and oxygen atoms in total. The zero-order valence-corrected chi connectivity index (χ0v) is 34.3. The molecule has 4 aromatic rings. The highest BCUT2D eigenvalue weighted by atomic mass is 35.5. The van der Waals surface area contributed by atoms with Crippen LogP contribution in [0.1, 0.15) is 57.9 Å². The molecule has 3 heterocycles. The van der Waals surface area contributed by atoms with Gasteiger partial charge in [0.25, 0.3) is 0 Å². The average Bonchev–Trinajstić information content (AvgIpc) is 4.05. The molecular weight excluding hydrogens is 798 g/mol. The fraction of sp³-hybridized carbons (Fsp3) is 0.439. The zero-order valence-electron chi connectivity index (χ0n) is 31.9. The smallest absolute Gasteiger partial charge is 0.240 e. The maximum absolute atomic E-state index is 14.9. The minimum absolute atomic E-state index is 0.00963. The van der Waals surface area contributed by atoms with Crippen LogP contribution in [0.25, 0.3) is 22.0 Å². The van der Waals surface area contributed by atoms with Gasteiger partial charge in [0.05, 0.1) is 47.3 Å². The van der Waals surface area contributed by atoms with E-state index < -0.39 is 73.4 Å². The molecule has 5 atom stereocenters.